The third kappa shape index (κ3) is 3.84. The number of benzene rings is 1. The molecule has 7 heteroatoms. The van der Waals surface area contributed by atoms with Gasteiger partial charge in [0.2, 0.25) is 0 Å². The Labute approximate surface area is 136 Å². The first-order valence-corrected chi connectivity index (χ1v) is 6.95. The highest BCUT2D eigenvalue weighted by molar-refractivity contribution is 6.30. The second-order valence-corrected chi connectivity index (χ2v) is 5.12. The van der Waals surface area contributed by atoms with E-state index in [9.17, 15) is 14.7 Å². The maximum absolute atomic E-state index is 12.1. The van der Waals surface area contributed by atoms with Crippen molar-refractivity contribution in [1.82, 2.24) is 4.98 Å². The van der Waals surface area contributed by atoms with Crippen LogP contribution in [0.1, 0.15) is 28.9 Å². The minimum Gasteiger partial charge on any atom is -0.504 e. The van der Waals surface area contributed by atoms with Gasteiger partial charge in [-0.1, -0.05) is 23.7 Å². The summed E-state index contributed by atoms with van der Waals surface area (Å²) in [7, 11) is 0. The Morgan fingerprint density at radius 2 is 1.87 bits per heavy atom. The molecule has 0 unspecified atom stereocenters. The SMILES string of the molecule is N#Cc1cc(-c2ccc(Cl)cc2)nc(C(=O)CCC(=O)O)c1O. The zero-order valence-corrected chi connectivity index (χ0v) is 12.5. The number of halogens is 1. The number of aromatic nitrogens is 1. The summed E-state index contributed by atoms with van der Waals surface area (Å²) in [4.78, 5) is 26.7. The Morgan fingerprint density at radius 1 is 1.22 bits per heavy atom. The molecule has 2 aromatic rings. The van der Waals surface area contributed by atoms with Crippen molar-refractivity contribution in [3.8, 4) is 23.1 Å². The maximum atomic E-state index is 12.1. The lowest BCUT2D eigenvalue weighted by molar-refractivity contribution is -0.136. The average Bonchev–Trinajstić information content (AvgIpc) is 2.53. The van der Waals surface area contributed by atoms with Crippen LogP contribution in [0.15, 0.2) is 30.3 Å². The van der Waals surface area contributed by atoms with Gasteiger partial charge in [-0.25, -0.2) is 4.98 Å². The van der Waals surface area contributed by atoms with Gasteiger partial charge in [0.25, 0.3) is 0 Å². The summed E-state index contributed by atoms with van der Waals surface area (Å²) < 4.78 is 0. The van der Waals surface area contributed by atoms with E-state index in [2.05, 4.69) is 4.98 Å². The van der Waals surface area contributed by atoms with Crippen molar-refractivity contribution in [3.63, 3.8) is 0 Å². The van der Waals surface area contributed by atoms with Gasteiger partial charge in [-0.2, -0.15) is 5.26 Å². The van der Waals surface area contributed by atoms with Gasteiger partial charge in [-0.3, -0.25) is 9.59 Å². The number of hydrogen-bond donors (Lipinski definition) is 2. The van der Waals surface area contributed by atoms with Crippen molar-refractivity contribution >= 4 is 23.4 Å². The number of Topliss-reactive ketones (excluding diaryl/α,β-unsaturated/α-hetero) is 1. The van der Waals surface area contributed by atoms with E-state index in [1.807, 2.05) is 0 Å². The first kappa shape index (κ1) is 16.5. The van der Waals surface area contributed by atoms with Gasteiger partial charge in [-0.05, 0) is 18.2 Å². The first-order valence-electron chi connectivity index (χ1n) is 6.57. The van der Waals surface area contributed by atoms with Gasteiger partial charge >= 0.3 is 5.97 Å². The van der Waals surface area contributed by atoms with Crippen LogP contribution in [-0.2, 0) is 4.79 Å². The largest absolute Gasteiger partial charge is 0.504 e. The molecule has 0 saturated heterocycles. The predicted octanol–water partition coefficient (Wildman–Crippen LogP) is 3.03. The molecule has 0 radical (unpaired) electrons. The fourth-order valence-corrected chi connectivity index (χ4v) is 2.05. The van der Waals surface area contributed by atoms with Crippen LogP contribution < -0.4 is 0 Å². The molecular formula is C16H11ClN2O4. The van der Waals surface area contributed by atoms with Crippen LogP contribution in [-0.4, -0.2) is 26.9 Å². The predicted molar refractivity (Wildman–Crippen MR) is 82.3 cm³/mol. The molecule has 1 aromatic heterocycles. The Kier molecular flexibility index (Phi) is 4.94. The molecule has 2 N–H and O–H groups in total. The molecule has 0 aliphatic heterocycles. The quantitative estimate of drug-likeness (QED) is 0.815. The Bertz CT molecular complexity index is 810. The molecule has 0 saturated carbocycles. The minimum atomic E-state index is -1.13. The van der Waals surface area contributed by atoms with E-state index in [-0.39, 0.29) is 24.1 Å². The fraction of sp³-hybridized carbons (Fsp3) is 0.125. The number of nitriles is 1. The number of carboxylic acid groups (broad SMARTS) is 1. The van der Waals surface area contributed by atoms with Gasteiger partial charge in [-0.15, -0.1) is 0 Å². The van der Waals surface area contributed by atoms with Crippen LogP contribution in [0, 0.1) is 11.3 Å². The highest BCUT2D eigenvalue weighted by atomic mass is 35.5. The summed E-state index contributed by atoms with van der Waals surface area (Å²) in [6, 6.07) is 9.72. The third-order valence-electron chi connectivity index (χ3n) is 3.08. The zero-order valence-electron chi connectivity index (χ0n) is 11.8. The van der Waals surface area contributed by atoms with Crippen LogP contribution in [0.25, 0.3) is 11.3 Å². The molecule has 2 rings (SSSR count). The van der Waals surface area contributed by atoms with Gasteiger partial charge < -0.3 is 10.2 Å². The topological polar surface area (TPSA) is 111 Å². The van der Waals surface area contributed by atoms with Crippen LogP contribution in [0.5, 0.6) is 5.75 Å². The van der Waals surface area contributed by atoms with Crippen molar-refractivity contribution in [3.05, 3.63) is 46.6 Å². The Hall–Kier alpha value is -2.91. The lowest BCUT2D eigenvalue weighted by Crippen LogP contribution is -2.07. The normalized spacial score (nSPS) is 10.1. The molecule has 6 nitrogen and oxygen atoms in total. The van der Waals surface area contributed by atoms with E-state index in [1.165, 1.54) is 6.07 Å². The molecule has 0 bridgehead atoms. The van der Waals surface area contributed by atoms with Crippen molar-refractivity contribution in [2.75, 3.05) is 0 Å². The third-order valence-corrected chi connectivity index (χ3v) is 3.34. The zero-order chi connectivity index (χ0) is 17.0. The van der Waals surface area contributed by atoms with E-state index in [0.29, 0.717) is 16.3 Å². The number of carboxylic acids is 1. The Morgan fingerprint density at radius 3 is 2.43 bits per heavy atom. The number of rotatable bonds is 5. The fourth-order valence-electron chi connectivity index (χ4n) is 1.93. The minimum absolute atomic E-state index is 0.108. The number of pyridine rings is 1. The summed E-state index contributed by atoms with van der Waals surface area (Å²) >= 11 is 5.81. The molecule has 0 atom stereocenters. The van der Waals surface area contributed by atoms with E-state index < -0.39 is 17.5 Å². The van der Waals surface area contributed by atoms with E-state index in [4.69, 9.17) is 22.0 Å². The van der Waals surface area contributed by atoms with E-state index in [0.717, 1.165) is 0 Å². The number of aromatic hydroxyl groups is 1. The molecular weight excluding hydrogens is 320 g/mol. The number of carbonyl (C=O) groups excluding carboxylic acids is 1. The summed E-state index contributed by atoms with van der Waals surface area (Å²) in [6.07, 6.45) is -0.697. The van der Waals surface area contributed by atoms with Gasteiger partial charge in [0, 0.05) is 17.0 Å². The molecule has 1 heterocycles. The monoisotopic (exact) mass is 330 g/mol. The number of carbonyl (C=O) groups is 2. The highest BCUT2D eigenvalue weighted by Crippen LogP contribution is 2.28. The number of ketones is 1. The van der Waals surface area contributed by atoms with Gasteiger partial charge in [0.05, 0.1) is 17.7 Å². The highest BCUT2D eigenvalue weighted by Gasteiger charge is 2.19. The summed E-state index contributed by atoms with van der Waals surface area (Å²) in [5.41, 5.74) is 0.506. The lowest BCUT2D eigenvalue weighted by Gasteiger charge is -2.08. The van der Waals surface area contributed by atoms with Crippen LogP contribution in [0.4, 0.5) is 0 Å². The maximum Gasteiger partial charge on any atom is 0.303 e. The van der Waals surface area contributed by atoms with Gasteiger partial charge in [0.1, 0.15) is 11.8 Å². The molecule has 0 aliphatic rings. The molecule has 116 valence electrons. The second-order valence-electron chi connectivity index (χ2n) is 4.69. The summed E-state index contributed by atoms with van der Waals surface area (Å²) in [5, 5.41) is 28.2. The first-order chi connectivity index (χ1) is 10.9. The summed E-state index contributed by atoms with van der Waals surface area (Å²) in [5.74, 6) is -2.31. The molecule has 1 aromatic carbocycles. The standard InChI is InChI=1S/C16H11ClN2O4/c17-11-3-1-9(2-4-11)12-7-10(8-18)16(23)15(19-12)13(20)5-6-14(21)22/h1-4,7,23H,5-6H2,(H,21,22). The molecule has 23 heavy (non-hydrogen) atoms. The Balaban J connectivity index is 2.48. The number of nitrogens with zero attached hydrogens (tertiary/aromatic N) is 2. The van der Waals surface area contributed by atoms with E-state index in [1.54, 1.807) is 30.3 Å². The van der Waals surface area contributed by atoms with Crippen molar-refractivity contribution in [2.45, 2.75) is 12.8 Å². The number of hydrogen-bond acceptors (Lipinski definition) is 5. The van der Waals surface area contributed by atoms with E-state index >= 15 is 0 Å². The van der Waals surface area contributed by atoms with Crippen LogP contribution in [0.3, 0.4) is 0 Å². The molecule has 0 spiro atoms. The molecule has 0 amide bonds. The summed E-state index contributed by atoms with van der Waals surface area (Å²) in [6.45, 7) is 0. The van der Waals surface area contributed by atoms with Crippen molar-refractivity contribution < 1.29 is 19.8 Å². The number of aliphatic carboxylic acids is 1. The average molecular weight is 331 g/mol. The van der Waals surface area contributed by atoms with Crippen LogP contribution in [0.2, 0.25) is 5.02 Å². The van der Waals surface area contributed by atoms with Crippen molar-refractivity contribution in [2.24, 2.45) is 0 Å². The molecule has 0 fully saturated rings. The molecule has 0 aliphatic carbocycles. The van der Waals surface area contributed by atoms with Crippen LogP contribution >= 0.6 is 11.6 Å². The smallest absolute Gasteiger partial charge is 0.303 e. The van der Waals surface area contributed by atoms with Gasteiger partial charge in [0.15, 0.2) is 11.5 Å². The van der Waals surface area contributed by atoms with Crippen molar-refractivity contribution in [1.29, 1.82) is 5.26 Å². The second kappa shape index (κ2) is 6.90. The lowest BCUT2D eigenvalue weighted by atomic mass is 10.0.